The van der Waals surface area contributed by atoms with Gasteiger partial charge in [-0.05, 0) is 19.1 Å². The molecule has 1 aromatic rings. The monoisotopic (exact) mass is 204 g/mol. The summed E-state index contributed by atoms with van der Waals surface area (Å²) in [5, 5.41) is 3.13. The lowest BCUT2D eigenvalue weighted by Gasteiger charge is -2.31. The summed E-state index contributed by atoms with van der Waals surface area (Å²) >= 11 is 0. The number of carbonyl (C=O) groups is 1. The molecule has 0 spiro atoms. The second-order valence-corrected chi connectivity index (χ2v) is 3.77. The molecule has 1 aliphatic heterocycles. The van der Waals surface area contributed by atoms with Crippen molar-refractivity contribution in [3.05, 3.63) is 30.3 Å². The van der Waals surface area contributed by atoms with Crippen molar-refractivity contribution in [3.63, 3.8) is 0 Å². The van der Waals surface area contributed by atoms with Crippen LogP contribution in [-0.2, 0) is 4.79 Å². The molecule has 1 saturated heterocycles. The van der Waals surface area contributed by atoms with Crippen LogP contribution in [0.15, 0.2) is 30.3 Å². The van der Waals surface area contributed by atoms with Crippen LogP contribution in [0.5, 0.6) is 0 Å². The van der Waals surface area contributed by atoms with Crippen molar-refractivity contribution in [2.24, 2.45) is 5.92 Å². The lowest BCUT2D eigenvalue weighted by Crippen LogP contribution is -2.52. The molecule has 0 saturated carbocycles. The maximum Gasteiger partial charge on any atom is 0.232 e. The number of amides is 1. The second kappa shape index (κ2) is 4.45. The maximum absolute atomic E-state index is 12.0. The van der Waals surface area contributed by atoms with Gasteiger partial charge in [0.05, 0.1) is 5.92 Å². The molecule has 1 aromatic carbocycles. The van der Waals surface area contributed by atoms with Crippen LogP contribution >= 0.6 is 0 Å². The van der Waals surface area contributed by atoms with Gasteiger partial charge in [-0.15, -0.1) is 0 Å². The van der Waals surface area contributed by atoms with Crippen LogP contribution in [0.1, 0.15) is 6.92 Å². The van der Waals surface area contributed by atoms with Gasteiger partial charge in [-0.3, -0.25) is 4.79 Å². The van der Waals surface area contributed by atoms with Gasteiger partial charge in [0.15, 0.2) is 0 Å². The largest absolute Gasteiger partial charge is 0.315 e. The molecule has 0 bridgehead atoms. The third kappa shape index (κ3) is 2.02. The van der Waals surface area contributed by atoms with Crippen molar-refractivity contribution in [2.75, 3.05) is 24.5 Å². The van der Waals surface area contributed by atoms with Crippen molar-refractivity contribution in [1.29, 1.82) is 0 Å². The molecule has 0 radical (unpaired) electrons. The van der Waals surface area contributed by atoms with E-state index in [1.165, 1.54) is 0 Å². The maximum atomic E-state index is 12.0. The van der Waals surface area contributed by atoms with Gasteiger partial charge in [-0.25, -0.2) is 0 Å². The van der Waals surface area contributed by atoms with Crippen molar-refractivity contribution in [3.8, 4) is 0 Å². The third-order valence-electron chi connectivity index (χ3n) is 2.78. The number of rotatable bonds is 3. The standard InChI is InChI=1S/C12H16N2O/c1-2-14(11-6-4-3-5-7-11)12(15)10-8-13-9-10/h3-7,10,13H,2,8-9H2,1H3. The third-order valence-corrected chi connectivity index (χ3v) is 2.78. The normalized spacial score (nSPS) is 15.8. The summed E-state index contributed by atoms with van der Waals surface area (Å²) in [6.07, 6.45) is 0. The van der Waals surface area contributed by atoms with E-state index in [4.69, 9.17) is 0 Å². The molecule has 0 aromatic heterocycles. The summed E-state index contributed by atoms with van der Waals surface area (Å²) in [5.74, 6) is 0.410. The van der Waals surface area contributed by atoms with Gasteiger partial charge in [0.1, 0.15) is 0 Å². The molecule has 15 heavy (non-hydrogen) atoms. The van der Waals surface area contributed by atoms with Gasteiger partial charge in [0.2, 0.25) is 5.91 Å². The number of anilines is 1. The number of para-hydroxylation sites is 1. The quantitative estimate of drug-likeness (QED) is 0.804. The van der Waals surface area contributed by atoms with Crippen LogP contribution in [0.4, 0.5) is 5.69 Å². The van der Waals surface area contributed by atoms with E-state index in [0.29, 0.717) is 0 Å². The van der Waals surface area contributed by atoms with Gasteiger partial charge in [0.25, 0.3) is 0 Å². The Kier molecular flexibility index (Phi) is 3.02. The van der Waals surface area contributed by atoms with Crippen LogP contribution in [0.2, 0.25) is 0 Å². The smallest absolute Gasteiger partial charge is 0.232 e. The summed E-state index contributed by atoms with van der Waals surface area (Å²) in [4.78, 5) is 13.9. The molecule has 3 nitrogen and oxygen atoms in total. The first-order valence-electron chi connectivity index (χ1n) is 5.40. The first-order valence-corrected chi connectivity index (χ1v) is 5.40. The Bertz CT molecular complexity index is 333. The van der Waals surface area contributed by atoms with E-state index in [1.807, 2.05) is 42.2 Å². The number of hydrogen-bond donors (Lipinski definition) is 1. The molecule has 1 fully saturated rings. The molecule has 0 atom stereocenters. The van der Waals surface area contributed by atoms with Gasteiger partial charge in [0, 0.05) is 25.3 Å². The Balaban J connectivity index is 2.13. The Morgan fingerprint density at radius 2 is 2.07 bits per heavy atom. The lowest BCUT2D eigenvalue weighted by molar-refractivity contribution is -0.123. The van der Waals surface area contributed by atoms with E-state index in [2.05, 4.69) is 5.32 Å². The van der Waals surface area contributed by atoms with E-state index in [1.54, 1.807) is 0 Å². The molecule has 80 valence electrons. The predicted octanol–water partition coefficient (Wildman–Crippen LogP) is 1.26. The molecule has 0 aliphatic carbocycles. The van der Waals surface area contributed by atoms with Crippen LogP contribution in [0, 0.1) is 5.92 Å². The lowest BCUT2D eigenvalue weighted by atomic mass is 10.0. The van der Waals surface area contributed by atoms with E-state index in [-0.39, 0.29) is 11.8 Å². The SMILES string of the molecule is CCN(C(=O)C1CNC1)c1ccccc1. The zero-order valence-electron chi connectivity index (χ0n) is 8.94. The molecule has 1 amide bonds. The van der Waals surface area contributed by atoms with E-state index in [0.717, 1.165) is 25.3 Å². The Morgan fingerprint density at radius 1 is 1.40 bits per heavy atom. The minimum atomic E-state index is 0.171. The second-order valence-electron chi connectivity index (χ2n) is 3.77. The topological polar surface area (TPSA) is 32.3 Å². The highest BCUT2D eigenvalue weighted by Gasteiger charge is 2.29. The fraction of sp³-hybridized carbons (Fsp3) is 0.417. The molecule has 0 unspecified atom stereocenters. The van der Waals surface area contributed by atoms with Crippen molar-refractivity contribution in [1.82, 2.24) is 5.32 Å². The molecular weight excluding hydrogens is 188 g/mol. The average Bonchev–Trinajstić information content (AvgIpc) is 2.18. The van der Waals surface area contributed by atoms with Crippen molar-refractivity contribution >= 4 is 11.6 Å². The van der Waals surface area contributed by atoms with Gasteiger partial charge in [-0.1, -0.05) is 18.2 Å². The molecule has 1 heterocycles. The van der Waals surface area contributed by atoms with Gasteiger partial charge < -0.3 is 10.2 Å². The minimum Gasteiger partial charge on any atom is -0.315 e. The highest BCUT2D eigenvalue weighted by Crippen LogP contribution is 2.17. The van der Waals surface area contributed by atoms with E-state index >= 15 is 0 Å². The Labute approximate surface area is 90.1 Å². The summed E-state index contributed by atoms with van der Waals surface area (Å²) in [6.45, 7) is 4.39. The van der Waals surface area contributed by atoms with Crippen LogP contribution in [0.25, 0.3) is 0 Å². The highest BCUT2D eigenvalue weighted by atomic mass is 16.2. The zero-order chi connectivity index (χ0) is 10.7. The number of hydrogen-bond acceptors (Lipinski definition) is 2. The molecule has 1 aliphatic rings. The van der Waals surface area contributed by atoms with E-state index in [9.17, 15) is 4.79 Å². The average molecular weight is 204 g/mol. The zero-order valence-corrected chi connectivity index (χ0v) is 8.94. The molecule has 1 N–H and O–H groups in total. The number of nitrogens with one attached hydrogen (secondary N) is 1. The van der Waals surface area contributed by atoms with Crippen LogP contribution < -0.4 is 10.2 Å². The summed E-state index contributed by atoms with van der Waals surface area (Å²) in [6, 6.07) is 9.85. The number of benzene rings is 1. The van der Waals surface area contributed by atoms with Gasteiger partial charge >= 0.3 is 0 Å². The van der Waals surface area contributed by atoms with E-state index < -0.39 is 0 Å². The highest BCUT2D eigenvalue weighted by molar-refractivity contribution is 5.95. The van der Waals surface area contributed by atoms with Crippen LogP contribution in [0.3, 0.4) is 0 Å². The first-order chi connectivity index (χ1) is 7.33. The first kappa shape index (κ1) is 10.2. The molecular formula is C12H16N2O. The fourth-order valence-corrected chi connectivity index (χ4v) is 1.76. The minimum absolute atomic E-state index is 0.171. The Morgan fingerprint density at radius 3 is 2.53 bits per heavy atom. The van der Waals surface area contributed by atoms with Crippen molar-refractivity contribution < 1.29 is 4.79 Å². The number of carbonyl (C=O) groups excluding carboxylic acids is 1. The summed E-state index contributed by atoms with van der Waals surface area (Å²) in [7, 11) is 0. The van der Waals surface area contributed by atoms with Gasteiger partial charge in [-0.2, -0.15) is 0 Å². The predicted molar refractivity (Wildman–Crippen MR) is 60.8 cm³/mol. The van der Waals surface area contributed by atoms with Crippen molar-refractivity contribution in [2.45, 2.75) is 6.92 Å². The Hall–Kier alpha value is -1.35. The molecule has 3 heteroatoms. The molecule has 2 rings (SSSR count). The summed E-state index contributed by atoms with van der Waals surface area (Å²) < 4.78 is 0. The summed E-state index contributed by atoms with van der Waals surface area (Å²) in [5.41, 5.74) is 0.997. The number of nitrogens with zero attached hydrogens (tertiary/aromatic N) is 1. The van der Waals surface area contributed by atoms with Crippen LogP contribution in [-0.4, -0.2) is 25.5 Å². The fourth-order valence-electron chi connectivity index (χ4n) is 1.76.